The average Bonchev–Trinajstić information content (AvgIpc) is 2.33. The Bertz CT molecular complexity index is 369. The van der Waals surface area contributed by atoms with Gasteiger partial charge in [-0.2, -0.15) is 13.2 Å². The Morgan fingerprint density at radius 3 is 2.56 bits per heavy atom. The summed E-state index contributed by atoms with van der Waals surface area (Å²) in [5, 5.41) is 8.62. The van der Waals surface area contributed by atoms with E-state index in [-0.39, 0.29) is 6.61 Å². The Balaban J connectivity index is 2.60. The van der Waals surface area contributed by atoms with E-state index in [9.17, 15) is 13.2 Å². The van der Waals surface area contributed by atoms with Crippen molar-refractivity contribution in [3.8, 4) is 0 Å². The molecule has 0 bridgehead atoms. The number of alkyl halides is 3. The van der Waals surface area contributed by atoms with Gasteiger partial charge in [0.05, 0.1) is 0 Å². The number of hydrogen-bond donors (Lipinski definition) is 1. The summed E-state index contributed by atoms with van der Waals surface area (Å²) < 4.78 is 37.4. The predicted octanol–water partition coefficient (Wildman–Crippen LogP) is 2.70. The second-order valence-corrected chi connectivity index (χ2v) is 4.08. The number of halogens is 3. The first kappa shape index (κ1) is 14.8. The summed E-state index contributed by atoms with van der Waals surface area (Å²) in [6, 6.07) is 3.87. The number of aliphatic hydroxyl groups is 1. The lowest BCUT2D eigenvalue weighted by Gasteiger charge is -2.19. The molecule has 0 unspecified atom stereocenters. The van der Waals surface area contributed by atoms with Crippen LogP contribution in [-0.4, -0.2) is 30.3 Å². The van der Waals surface area contributed by atoms with Crippen molar-refractivity contribution in [2.24, 2.45) is 0 Å². The summed E-state index contributed by atoms with van der Waals surface area (Å²) in [6.07, 6.45) is -2.04. The summed E-state index contributed by atoms with van der Waals surface area (Å²) in [4.78, 5) is 5.28. The summed E-state index contributed by atoms with van der Waals surface area (Å²) in [6.45, 7) is 0.764. The highest BCUT2D eigenvalue weighted by Crippen LogP contribution is 2.28. The van der Waals surface area contributed by atoms with Crippen LogP contribution in [0.5, 0.6) is 0 Å². The minimum atomic E-state index is -4.41. The lowest BCUT2D eigenvalue weighted by Crippen LogP contribution is -2.21. The van der Waals surface area contributed by atoms with Gasteiger partial charge in [-0.1, -0.05) is 6.07 Å². The topological polar surface area (TPSA) is 36.4 Å². The third-order valence-corrected chi connectivity index (χ3v) is 2.57. The van der Waals surface area contributed by atoms with Gasteiger partial charge in [0, 0.05) is 20.2 Å². The first-order chi connectivity index (χ1) is 8.45. The third-order valence-electron chi connectivity index (χ3n) is 2.57. The predicted molar refractivity (Wildman–Crippen MR) is 63.4 cm³/mol. The number of unbranched alkanes of at least 4 members (excludes halogenated alkanes) is 2. The molecule has 0 saturated carbocycles. The molecule has 102 valence electrons. The number of anilines is 1. The molecule has 0 radical (unpaired) electrons. The van der Waals surface area contributed by atoms with E-state index in [1.54, 1.807) is 18.0 Å². The number of nitrogens with zero attached hydrogens (tertiary/aromatic N) is 2. The van der Waals surface area contributed by atoms with Crippen LogP contribution >= 0.6 is 0 Å². The van der Waals surface area contributed by atoms with Gasteiger partial charge in [-0.15, -0.1) is 0 Å². The highest BCUT2D eigenvalue weighted by molar-refractivity contribution is 5.38. The van der Waals surface area contributed by atoms with Crippen molar-refractivity contribution in [3.63, 3.8) is 0 Å². The van der Waals surface area contributed by atoms with Gasteiger partial charge in [-0.25, -0.2) is 4.98 Å². The molecule has 1 heterocycles. The molecule has 18 heavy (non-hydrogen) atoms. The molecule has 6 heteroatoms. The van der Waals surface area contributed by atoms with Crippen LogP contribution in [0.3, 0.4) is 0 Å². The van der Waals surface area contributed by atoms with Gasteiger partial charge < -0.3 is 10.0 Å². The van der Waals surface area contributed by atoms with Crippen LogP contribution in [0.4, 0.5) is 19.0 Å². The van der Waals surface area contributed by atoms with Gasteiger partial charge in [-0.05, 0) is 31.4 Å². The standard InChI is InChI=1S/C12H17F3N2O/c1-17(8-3-2-4-9-18)11-7-5-6-10(16-11)12(13,14)15/h5-7,18H,2-4,8-9H2,1H3. The van der Waals surface area contributed by atoms with E-state index in [0.717, 1.165) is 18.9 Å². The van der Waals surface area contributed by atoms with E-state index >= 15 is 0 Å². The highest BCUT2D eigenvalue weighted by atomic mass is 19.4. The lowest BCUT2D eigenvalue weighted by molar-refractivity contribution is -0.141. The first-order valence-electron chi connectivity index (χ1n) is 5.81. The fourth-order valence-electron chi connectivity index (χ4n) is 1.55. The maximum Gasteiger partial charge on any atom is 0.433 e. The number of rotatable bonds is 6. The van der Waals surface area contributed by atoms with Gasteiger partial charge in [0.1, 0.15) is 11.5 Å². The second-order valence-electron chi connectivity index (χ2n) is 4.08. The largest absolute Gasteiger partial charge is 0.433 e. The molecule has 0 aliphatic carbocycles. The summed E-state index contributed by atoms with van der Waals surface area (Å²) in [7, 11) is 1.71. The fraction of sp³-hybridized carbons (Fsp3) is 0.583. The molecule has 1 rings (SSSR count). The summed E-state index contributed by atoms with van der Waals surface area (Å²) >= 11 is 0. The molecule has 0 amide bonds. The van der Waals surface area contributed by atoms with Crippen LogP contribution in [0.2, 0.25) is 0 Å². The Morgan fingerprint density at radius 1 is 1.22 bits per heavy atom. The minimum absolute atomic E-state index is 0.144. The molecule has 3 nitrogen and oxygen atoms in total. The Hall–Kier alpha value is -1.30. The smallest absolute Gasteiger partial charge is 0.396 e. The first-order valence-corrected chi connectivity index (χ1v) is 5.81. The zero-order valence-corrected chi connectivity index (χ0v) is 10.2. The molecule has 0 aliphatic heterocycles. The van der Waals surface area contributed by atoms with Crippen LogP contribution in [-0.2, 0) is 6.18 Å². The molecule has 0 aliphatic rings. The van der Waals surface area contributed by atoms with E-state index < -0.39 is 11.9 Å². The van der Waals surface area contributed by atoms with Crippen LogP contribution in [0.15, 0.2) is 18.2 Å². The molecular weight excluding hydrogens is 245 g/mol. The average molecular weight is 262 g/mol. The summed E-state index contributed by atoms with van der Waals surface area (Å²) in [5.74, 6) is 0.314. The lowest BCUT2D eigenvalue weighted by atomic mass is 10.2. The minimum Gasteiger partial charge on any atom is -0.396 e. The zero-order chi connectivity index (χ0) is 13.6. The Morgan fingerprint density at radius 2 is 1.94 bits per heavy atom. The van der Waals surface area contributed by atoms with E-state index in [2.05, 4.69) is 4.98 Å². The SMILES string of the molecule is CN(CCCCCO)c1cccc(C(F)(F)F)n1. The summed E-state index contributed by atoms with van der Waals surface area (Å²) in [5.41, 5.74) is -0.873. The molecule has 0 aromatic carbocycles. The fourth-order valence-corrected chi connectivity index (χ4v) is 1.55. The maximum atomic E-state index is 12.5. The van der Waals surface area contributed by atoms with Crippen LogP contribution < -0.4 is 4.90 Å². The van der Waals surface area contributed by atoms with Gasteiger partial charge >= 0.3 is 6.18 Å². The Labute approximate surface area is 104 Å². The normalized spacial score (nSPS) is 11.6. The molecule has 0 fully saturated rings. The van der Waals surface area contributed by atoms with E-state index in [4.69, 9.17) is 5.11 Å². The van der Waals surface area contributed by atoms with E-state index in [1.165, 1.54) is 6.07 Å². The molecule has 0 saturated heterocycles. The van der Waals surface area contributed by atoms with Gasteiger partial charge in [0.2, 0.25) is 0 Å². The molecule has 1 aromatic rings. The molecular formula is C12H17F3N2O. The van der Waals surface area contributed by atoms with Crippen LogP contribution in [0.25, 0.3) is 0 Å². The van der Waals surface area contributed by atoms with Crippen molar-refractivity contribution in [2.45, 2.75) is 25.4 Å². The van der Waals surface area contributed by atoms with Gasteiger partial charge in [0.15, 0.2) is 0 Å². The van der Waals surface area contributed by atoms with Crippen LogP contribution in [0, 0.1) is 0 Å². The van der Waals surface area contributed by atoms with Crippen molar-refractivity contribution < 1.29 is 18.3 Å². The van der Waals surface area contributed by atoms with Crippen LogP contribution in [0.1, 0.15) is 25.0 Å². The molecule has 1 aromatic heterocycles. The Kier molecular flexibility index (Phi) is 5.40. The number of pyridine rings is 1. The molecule has 0 atom stereocenters. The number of aromatic nitrogens is 1. The maximum absolute atomic E-state index is 12.5. The van der Waals surface area contributed by atoms with Crippen molar-refractivity contribution in [1.29, 1.82) is 0 Å². The highest BCUT2D eigenvalue weighted by Gasteiger charge is 2.32. The van der Waals surface area contributed by atoms with Gasteiger partial charge in [0.25, 0.3) is 0 Å². The van der Waals surface area contributed by atoms with E-state index in [0.29, 0.717) is 18.8 Å². The van der Waals surface area contributed by atoms with Crippen molar-refractivity contribution in [2.75, 3.05) is 25.1 Å². The molecule has 0 spiro atoms. The van der Waals surface area contributed by atoms with Gasteiger partial charge in [-0.3, -0.25) is 0 Å². The second kappa shape index (κ2) is 6.58. The number of aliphatic hydroxyl groups excluding tert-OH is 1. The van der Waals surface area contributed by atoms with E-state index in [1.807, 2.05) is 0 Å². The van der Waals surface area contributed by atoms with Crippen molar-refractivity contribution in [3.05, 3.63) is 23.9 Å². The third kappa shape index (κ3) is 4.52. The van der Waals surface area contributed by atoms with Crippen molar-refractivity contribution >= 4 is 5.82 Å². The molecule has 1 N–H and O–H groups in total. The number of hydrogen-bond acceptors (Lipinski definition) is 3. The monoisotopic (exact) mass is 262 g/mol. The van der Waals surface area contributed by atoms with Crippen molar-refractivity contribution in [1.82, 2.24) is 4.98 Å². The zero-order valence-electron chi connectivity index (χ0n) is 10.2. The quantitative estimate of drug-likeness (QED) is 0.801.